The largest absolute Gasteiger partial charge is 0.208 e. The number of rotatable bonds is 7. The lowest BCUT2D eigenvalue weighted by molar-refractivity contribution is 0.660. The Morgan fingerprint density at radius 1 is 0.312 bits per heavy atom. The molecule has 3 nitrogen and oxygen atoms in total. The minimum atomic E-state index is -0.0857. The lowest BCUT2D eigenvalue weighted by Crippen LogP contribution is -2.14. The molecular weight excluding hydrogens is 795 g/mol. The van der Waals surface area contributed by atoms with Crippen LogP contribution in [0, 0.1) is 0 Å². The molecule has 12 rings (SSSR count). The van der Waals surface area contributed by atoms with Gasteiger partial charge in [0, 0.05) is 42.3 Å². The van der Waals surface area contributed by atoms with Crippen LogP contribution in [0.25, 0.3) is 110 Å². The molecule has 0 unspecified atom stereocenters. The third-order valence-corrected chi connectivity index (χ3v) is 14.1. The summed E-state index contributed by atoms with van der Waals surface area (Å²) in [6, 6.07) is 76.2. The molecule has 0 saturated heterocycles. The highest BCUT2D eigenvalue weighted by Crippen LogP contribution is 2.50. The molecule has 302 valence electrons. The highest BCUT2D eigenvalue weighted by molar-refractivity contribution is 7.26. The second-order valence-corrected chi connectivity index (χ2v) is 18.2. The third kappa shape index (κ3) is 6.45. The van der Waals surface area contributed by atoms with Gasteiger partial charge < -0.3 is 0 Å². The molecule has 1 aliphatic carbocycles. The first-order valence-electron chi connectivity index (χ1n) is 21.8. The predicted octanol–water partition coefficient (Wildman–Crippen LogP) is 16.2. The molecule has 0 spiro atoms. The van der Waals surface area contributed by atoms with Crippen molar-refractivity contribution in [2.75, 3.05) is 0 Å². The summed E-state index contributed by atoms with van der Waals surface area (Å²) in [5.74, 6) is 1.91. The summed E-state index contributed by atoms with van der Waals surface area (Å²) >= 11 is 1.84. The smallest absolute Gasteiger partial charge is 0.164 e. The SMILES string of the molecule is CC1(C)c2ccccc2-c2ccc(-c3cccc(-c4nc(-c5ccccc5)nc(-c5ccccc5-c5cccc6sc7ccc(-c8ccc(-c9ccccc9)cc8)cc7c56)n4)c3)cc21. The highest BCUT2D eigenvalue weighted by atomic mass is 32.1. The molecule has 2 aromatic heterocycles. The Labute approximate surface area is 377 Å². The van der Waals surface area contributed by atoms with E-state index in [2.05, 4.69) is 208 Å². The van der Waals surface area contributed by atoms with Gasteiger partial charge in [0.25, 0.3) is 0 Å². The Morgan fingerprint density at radius 3 is 1.59 bits per heavy atom. The first kappa shape index (κ1) is 37.9. The third-order valence-electron chi connectivity index (χ3n) is 13.0. The van der Waals surface area contributed by atoms with Crippen LogP contribution >= 0.6 is 11.3 Å². The van der Waals surface area contributed by atoms with Crippen molar-refractivity contribution in [1.82, 2.24) is 15.0 Å². The summed E-state index contributed by atoms with van der Waals surface area (Å²) in [6.45, 7) is 4.66. The van der Waals surface area contributed by atoms with E-state index >= 15 is 0 Å². The first-order valence-corrected chi connectivity index (χ1v) is 22.7. The number of thiophene rings is 1. The van der Waals surface area contributed by atoms with E-state index < -0.39 is 0 Å². The van der Waals surface area contributed by atoms with Crippen molar-refractivity contribution in [1.29, 1.82) is 0 Å². The maximum absolute atomic E-state index is 5.32. The van der Waals surface area contributed by atoms with Gasteiger partial charge in [-0.15, -0.1) is 11.3 Å². The van der Waals surface area contributed by atoms with Gasteiger partial charge in [0.1, 0.15) is 0 Å². The number of benzene rings is 9. The highest BCUT2D eigenvalue weighted by Gasteiger charge is 2.35. The van der Waals surface area contributed by atoms with E-state index in [4.69, 9.17) is 15.0 Å². The van der Waals surface area contributed by atoms with E-state index in [1.54, 1.807) is 0 Å². The number of hydrogen-bond donors (Lipinski definition) is 0. The van der Waals surface area contributed by atoms with E-state index in [0.717, 1.165) is 33.4 Å². The van der Waals surface area contributed by atoms with Crippen LogP contribution in [-0.2, 0) is 5.41 Å². The normalized spacial score (nSPS) is 12.7. The minimum Gasteiger partial charge on any atom is -0.208 e. The molecule has 9 aromatic carbocycles. The fourth-order valence-electron chi connectivity index (χ4n) is 9.69. The fraction of sp³-hybridized carbons (Fsp3) is 0.0500. The molecule has 0 bridgehead atoms. The van der Waals surface area contributed by atoms with E-state index in [-0.39, 0.29) is 5.41 Å². The molecule has 0 N–H and O–H groups in total. The molecule has 0 saturated carbocycles. The molecule has 4 heteroatoms. The molecule has 0 aliphatic heterocycles. The molecule has 0 amide bonds. The zero-order chi connectivity index (χ0) is 42.8. The Balaban J connectivity index is 0.970. The van der Waals surface area contributed by atoms with Gasteiger partial charge in [-0.1, -0.05) is 196 Å². The quantitative estimate of drug-likeness (QED) is 0.161. The van der Waals surface area contributed by atoms with Gasteiger partial charge in [-0.3, -0.25) is 0 Å². The van der Waals surface area contributed by atoms with Crippen molar-refractivity contribution < 1.29 is 0 Å². The monoisotopic (exact) mass is 835 g/mol. The molecule has 64 heavy (non-hydrogen) atoms. The van der Waals surface area contributed by atoms with Gasteiger partial charge in [0.15, 0.2) is 17.5 Å². The maximum atomic E-state index is 5.32. The van der Waals surface area contributed by atoms with Crippen LogP contribution in [0.15, 0.2) is 212 Å². The van der Waals surface area contributed by atoms with Gasteiger partial charge in [-0.2, -0.15) is 0 Å². The van der Waals surface area contributed by atoms with Crippen molar-refractivity contribution in [2.45, 2.75) is 19.3 Å². The van der Waals surface area contributed by atoms with Crippen molar-refractivity contribution in [3.63, 3.8) is 0 Å². The molecule has 0 atom stereocenters. The van der Waals surface area contributed by atoms with Crippen molar-refractivity contribution in [3.05, 3.63) is 223 Å². The Kier molecular flexibility index (Phi) is 9.03. The molecule has 11 aromatic rings. The molecule has 0 fully saturated rings. The zero-order valence-corrected chi connectivity index (χ0v) is 36.3. The average molecular weight is 836 g/mol. The summed E-state index contributed by atoms with van der Waals surface area (Å²) in [6.07, 6.45) is 0. The average Bonchev–Trinajstić information content (AvgIpc) is 3.85. The lowest BCUT2D eigenvalue weighted by Gasteiger charge is -2.22. The molecule has 1 aliphatic rings. The summed E-state index contributed by atoms with van der Waals surface area (Å²) in [5.41, 5.74) is 17.5. The summed E-state index contributed by atoms with van der Waals surface area (Å²) < 4.78 is 2.51. The van der Waals surface area contributed by atoms with Crippen LogP contribution in [0.2, 0.25) is 0 Å². The molecule has 2 heterocycles. The predicted molar refractivity (Wildman–Crippen MR) is 268 cm³/mol. The van der Waals surface area contributed by atoms with Gasteiger partial charge in [-0.05, 0) is 97.1 Å². The van der Waals surface area contributed by atoms with Crippen LogP contribution in [0.3, 0.4) is 0 Å². The molecule has 0 radical (unpaired) electrons. The van der Waals surface area contributed by atoms with E-state index in [1.807, 2.05) is 29.5 Å². The maximum Gasteiger partial charge on any atom is 0.164 e. The van der Waals surface area contributed by atoms with Crippen LogP contribution < -0.4 is 0 Å². The number of hydrogen-bond acceptors (Lipinski definition) is 4. The van der Waals surface area contributed by atoms with Gasteiger partial charge in [0.05, 0.1) is 0 Å². The summed E-state index contributed by atoms with van der Waals surface area (Å²) in [5, 5.41) is 2.48. The van der Waals surface area contributed by atoms with Gasteiger partial charge >= 0.3 is 0 Å². The molecular formula is C60H41N3S. The van der Waals surface area contributed by atoms with Crippen molar-refractivity contribution in [3.8, 4) is 89.8 Å². The van der Waals surface area contributed by atoms with Crippen molar-refractivity contribution >= 4 is 31.5 Å². The van der Waals surface area contributed by atoms with Crippen LogP contribution in [0.4, 0.5) is 0 Å². The number of fused-ring (bicyclic) bond motifs is 6. The lowest BCUT2D eigenvalue weighted by atomic mass is 9.81. The van der Waals surface area contributed by atoms with E-state index in [1.165, 1.54) is 70.2 Å². The standard InChI is InChI=1S/C60H41N3S/c1-60(2)52-25-12-11-22-47(52)48-33-31-44(37-53(48)60)42-19-13-20-45(35-42)58-61-57(41-17-7-4-8-18-41)62-59(63-58)50-23-10-9-21-46(50)49-24-14-26-55-56(49)51-36-43(32-34-54(51)64-55)40-29-27-39(28-30-40)38-15-5-3-6-16-38/h3-37H,1-2H3. The second kappa shape index (κ2) is 15.2. The number of nitrogens with zero attached hydrogens (tertiary/aromatic N) is 3. The van der Waals surface area contributed by atoms with Crippen LogP contribution in [-0.4, -0.2) is 15.0 Å². The van der Waals surface area contributed by atoms with Crippen LogP contribution in [0.1, 0.15) is 25.0 Å². The Morgan fingerprint density at radius 2 is 0.812 bits per heavy atom. The van der Waals surface area contributed by atoms with Gasteiger partial charge in [0.2, 0.25) is 0 Å². The topological polar surface area (TPSA) is 38.7 Å². The van der Waals surface area contributed by atoms with Crippen molar-refractivity contribution in [2.24, 2.45) is 0 Å². The fourth-order valence-corrected chi connectivity index (χ4v) is 10.8. The zero-order valence-electron chi connectivity index (χ0n) is 35.5. The van der Waals surface area contributed by atoms with E-state index in [0.29, 0.717) is 17.5 Å². The van der Waals surface area contributed by atoms with Crippen LogP contribution in [0.5, 0.6) is 0 Å². The Bertz CT molecular complexity index is 3570. The first-order chi connectivity index (χ1) is 31.5. The second-order valence-electron chi connectivity index (χ2n) is 17.2. The van der Waals surface area contributed by atoms with Gasteiger partial charge in [-0.25, -0.2) is 15.0 Å². The summed E-state index contributed by atoms with van der Waals surface area (Å²) in [4.78, 5) is 15.7. The van der Waals surface area contributed by atoms with E-state index in [9.17, 15) is 0 Å². The summed E-state index contributed by atoms with van der Waals surface area (Å²) in [7, 11) is 0. The Hall–Kier alpha value is -7.79. The minimum absolute atomic E-state index is 0.0857. The number of aromatic nitrogens is 3.